The third-order valence-electron chi connectivity index (χ3n) is 3.32. The number of aldehydes is 1. The van der Waals surface area contributed by atoms with E-state index in [1.807, 2.05) is 12.1 Å². The fourth-order valence-electron chi connectivity index (χ4n) is 2.33. The Balaban J connectivity index is 2.11. The van der Waals surface area contributed by atoms with Gasteiger partial charge in [0, 0.05) is 13.5 Å². The van der Waals surface area contributed by atoms with Crippen LogP contribution in [0.25, 0.3) is 0 Å². The van der Waals surface area contributed by atoms with Crippen molar-refractivity contribution in [2.75, 3.05) is 7.11 Å². The van der Waals surface area contributed by atoms with Crippen molar-refractivity contribution in [1.29, 1.82) is 0 Å². The Hall–Kier alpha value is -0.870. The predicted molar refractivity (Wildman–Crippen MR) is 73.2 cm³/mol. The fourth-order valence-corrected chi connectivity index (χ4v) is 2.81. The van der Waals surface area contributed by atoms with Crippen LogP contribution < -0.4 is 4.74 Å². The van der Waals surface area contributed by atoms with E-state index in [0.29, 0.717) is 11.3 Å². The molecule has 98 valence electrons. The second-order valence-corrected chi connectivity index (χ2v) is 5.39. The van der Waals surface area contributed by atoms with E-state index < -0.39 is 0 Å². The second-order valence-electron chi connectivity index (χ2n) is 4.54. The Morgan fingerprint density at radius 3 is 2.83 bits per heavy atom. The highest BCUT2D eigenvalue weighted by molar-refractivity contribution is 9.10. The average Bonchev–Trinajstić information content (AvgIpc) is 2.41. The first kappa shape index (κ1) is 13.6. The van der Waals surface area contributed by atoms with Crippen LogP contribution in [-0.4, -0.2) is 25.6 Å². The van der Waals surface area contributed by atoms with Gasteiger partial charge in [-0.15, -0.1) is 0 Å². The Bertz CT molecular complexity index is 420. The summed E-state index contributed by atoms with van der Waals surface area (Å²) in [5, 5.41) is 0. The molecule has 2 unspecified atom stereocenters. The first-order valence-corrected chi connectivity index (χ1v) is 6.97. The van der Waals surface area contributed by atoms with E-state index >= 15 is 0 Å². The molecule has 1 saturated carbocycles. The van der Waals surface area contributed by atoms with E-state index in [-0.39, 0.29) is 12.2 Å². The van der Waals surface area contributed by atoms with Gasteiger partial charge < -0.3 is 9.47 Å². The van der Waals surface area contributed by atoms with Gasteiger partial charge in [0.05, 0.1) is 16.1 Å². The monoisotopic (exact) mass is 312 g/mol. The van der Waals surface area contributed by atoms with Gasteiger partial charge in [-0.1, -0.05) is 6.07 Å². The molecule has 2 rings (SSSR count). The van der Waals surface area contributed by atoms with Crippen LogP contribution in [-0.2, 0) is 4.74 Å². The lowest BCUT2D eigenvalue weighted by atomic mass is 9.95. The number of carbonyl (C=O) groups excluding carboxylic acids is 1. The minimum atomic E-state index is 0.126. The molecule has 0 spiro atoms. The van der Waals surface area contributed by atoms with E-state index in [0.717, 1.165) is 36.4 Å². The molecular weight excluding hydrogens is 296 g/mol. The molecule has 1 fully saturated rings. The highest BCUT2D eigenvalue weighted by Crippen LogP contribution is 2.32. The van der Waals surface area contributed by atoms with Gasteiger partial charge >= 0.3 is 0 Å². The molecule has 0 bridgehead atoms. The van der Waals surface area contributed by atoms with Gasteiger partial charge in [0.2, 0.25) is 0 Å². The van der Waals surface area contributed by atoms with Crippen molar-refractivity contribution in [2.24, 2.45) is 0 Å². The molecule has 0 saturated heterocycles. The first-order valence-electron chi connectivity index (χ1n) is 6.17. The summed E-state index contributed by atoms with van der Waals surface area (Å²) in [5.41, 5.74) is 0.587. The summed E-state index contributed by atoms with van der Waals surface area (Å²) in [4.78, 5) is 11.0. The quantitative estimate of drug-likeness (QED) is 0.797. The van der Waals surface area contributed by atoms with Gasteiger partial charge in [-0.05, 0) is 47.3 Å². The molecule has 4 heteroatoms. The van der Waals surface area contributed by atoms with Crippen LogP contribution in [0.15, 0.2) is 22.7 Å². The Labute approximate surface area is 116 Å². The largest absolute Gasteiger partial charge is 0.488 e. The van der Waals surface area contributed by atoms with Gasteiger partial charge in [-0.3, -0.25) is 4.79 Å². The van der Waals surface area contributed by atoms with Crippen molar-refractivity contribution >= 4 is 22.2 Å². The number of methoxy groups -OCH3 is 1. The molecular formula is C14H17BrO3. The minimum Gasteiger partial charge on any atom is -0.488 e. The summed E-state index contributed by atoms with van der Waals surface area (Å²) in [6.07, 6.45) is 5.32. The molecule has 1 aliphatic rings. The molecule has 0 aromatic heterocycles. The lowest BCUT2D eigenvalue weighted by Gasteiger charge is -2.29. The summed E-state index contributed by atoms with van der Waals surface area (Å²) in [5.74, 6) is 0.647. The summed E-state index contributed by atoms with van der Waals surface area (Å²) < 4.78 is 12.2. The Morgan fingerprint density at radius 1 is 1.33 bits per heavy atom. The molecule has 1 aliphatic carbocycles. The topological polar surface area (TPSA) is 35.5 Å². The standard InChI is InChI=1S/C14H17BrO3/c1-17-11-5-3-6-12(8-11)18-14-10(9-16)4-2-7-13(14)15/h2,4,7,9,11-12H,3,5-6,8H2,1H3. The summed E-state index contributed by atoms with van der Waals surface area (Å²) >= 11 is 3.43. The van der Waals surface area contributed by atoms with Crippen LogP contribution in [0, 0.1) is 0 Å². The maximum absolute atomic E-state index is 11.0. The van der Waals surface area contributed by atoms with Crippen molar-refractivity contribution in [2.45, 2.75) is 37.9 Å². The van der Waals surface area contributed by atoms with Gasteiger partial charge in [0.15, 0.2) is 6.29 Å². The molecule has 2 atom stereocenters. The average molecular weight is 313 g/mol. The van der Waals surface area contributed by atoms with E-state index in [4.69, 9.17) is 9.47 Å². The number of hydrogen-bond acceptors (Lipinski definition) is 3. The van der Waals surface area contributed by atoms with Crippen molar-refractivity contribution in [3.8, 4) is 5.75 Å². The molecule has 1 aromatic carbocycles. The Morgan fingerprint density at radius 2 is 2.11 bits per heavy atom. The Kier molecular flexibility index (Phi) is 4.78. The van der Waals surface area contributed by atoms with E-state index in [2.05, 4.69) is 15.9 Å². The van der Waals surface area contributed by atoms with Gasteiger partial charge in [-0.25, -0.2) is 0 Å². The number of para-hydroxylation sites is 1. The van der Waals surface area contributed by atoms with Crippen LogP contribution >= 0.6 is 15.9 Å². The lowest BCUT2D eigenvalue weighted by Crippen LogP contribution is -2.29. The zero-order chi connectivity index (χ0) is 13.0. The molecule has 18 heavy (non-hydrogen) atoms. The van der Waals surface area contributed by atoms with Gasteiger partial charge in [0.25, 0.3) is 0 Å². The van der Waals surface area contributed by atoms with E-state index in [1.165, 1.54) is 0 Å². The number of carbonyl (C=O) groups is 1. The SMILES string of the molecule is COC1CCCC(Oc2c(Br)cccc2C=O)C1. The third kappa shape index (κ3) is 3.12. The summed E-state index contributed by atoms with van der Waals surface area (Å²) in [7, 11) is 1.74. The second kappa shape index (κ2) is 6.34. The third-order valence-corrected chi connectivity index (χ3v) is 3.94. The van der Waals surface area contributed by atoms with Gasteiger partial charge in [-0.2, -0.15) is 0 Å². The highest BCUT2D eigenvalue weighted by atomic mass is 79.9. The normalized spacial score (nSPS) is 23.7. The minimum absolute atomic E-state index is 0.126. The van der Waals surface area contributed by atoms with Crippen LogP contribution in [0.1, 0.15) is 36.0 Å². The predicted octanol–water partition coefficient (Wildman–Crippen LogP) is 3.60. The number of ether oxygens (including phenoxy) is 2. The number of halogens is 1. The zero-order valence-corrected chi connectivity index (χ0v) is 12.0. The molecule has 0 heterocycles. The zero-order valence-electron chi connectivity index (χ0n) is 10.4. The molecule has 0 aliphatic heterocycles. The highest BCUT2D eigenvalue weighted by Gasteiger charge is 2.24. The van der Waals surface area contributed by atoms with Crippen LogP contribution in [0.3, 0.4) is 0 Å². The molecule has 0 N–H and O–H groups in total. The lowest BCUT2D eigenvalue weighted by molar-refractivity contribution is 0.0205. The molecule has 1 aromatic rings. The molecule has 3 nitrogen and oxygen atoms in total. The number of benzene rings is 1. The number of rotatable bonds is 4. The molecule has 0 amide bonds. The van der Waals surface area contributed by atoms with Crippen LogP contribution in [0.2, 0.25) is 0 Å². The van der Waals surface area contributed by atoms with Crippen molar-refractivity contribution in [1.82, 2.24) is 0 Å². The van der Waals surface area contributed by atoms with E-state index in [9.17, 15) is 4.79 Å². The number of hydrogen-bond donors (Lipinski definition) is 0. The molecule has 0 radical (unpaired) electrons. The maximum Gasteiger partial charge on any atom is 0.153 e. The van der Waals surface area contributed by atoms with Crippen LogP contribution in [0.5, 0.6) is 5.75 Å². The smallest absolute Gasteiger partial charge is 0.153 e. The summed E-state index contributed by atoms with van der Waals surface area (Å²) in [6, 6.07) is 5.49. The maximum atomic E-state index is 11.0. The fraction of sp³-hybridized carbons (Fsp3) is 0.500. The summed E-state index contributed by atoms with van der Waals surface area (Å²) in [6.45, 7) is 0. The van der Waals surface area contributed by atoms with E-state index in [1.54, 1.807) is 13.2 Å². The van der Waals surface area contributed by atoms with Crippen molar-refractivity contribution in [3.63, 3.8) is 0 Å². The van der Waals surface area contributed by atoms with Crippen LogP contribution in [0.4, 0.5) is 0 Å². The van der Waals surface area contributed by atoms with Crippen molar-refractivity contribution in [3.05, 3.63) is 28.2 Å². The first-order chi connectivity index (χ1) is 8.74. The van der Waals surface area contributed by atoms with Gasteiger partial charge in [0.1, 0.15) is 11.9 Å². The van der Waals surface area contributed by atoms with Crippen molar-refractivity contribution < 1.29 is 14.3 Å².